The van der Waals surface area contributed by atoms with Crippen molar-refractivity contribution in [1.82, 2.24) is 10.3 Å². The number of rotatable bonds is 1. The predicted molar refractivity (Wildman–Crippen MR) is 62.0 cm³/mol. The maximum absolute atomic E-state index is 11.6. The van der Waals surface area contributed by atoms with Crippen LogP contribution in [0, 0.1) is 6.92 Å². The van der Waals surface area contributed by atoms with Gasteiger partial charge in [0.15, 0.2) is 0 Å². The molecule has 0 aromatic carbocycles. The SMILES string of the molecule is Cc1nc(N2CCCNC2=O)ccc1Br. The minimum Gasteiger partial charge on any atom is -0.338 e. The summed E-state index contributed by atoms with van der Waals surface area (Å²) in [7, 11) is 0. The third-order valence-corrected chi connectivity index (χ3v) is 3.20. The third kappa shape index (κ3) is 2.12. The third-order valence-electron chi connectivity index (χ3n) is 2.36. The Bertz CT molecular complexity index is 394. The number of halogens is 1. The summed E-state index contributed by atoms with van der Waals surface area (Å²) in [5.41, 5.74) is 0.894. The zero-order chi connectivity index (χ0) is 10.8. The molecule has 2 rings (SSSR count). The number of hydrogen-bond donors (Lipinski definition) is 1. The Balaban J connectivity index is 2.28. The van der Waals surface area contributed by atoms with Crippen molar-refractivity contribution < 1.29 is 4.79 Å². The minimum atomic E-state index is -0.0597. The second-order valence-corrected chi connectivity index (χ2v) is 4.33. The Labute approximate surface area is 96.8 Å². The van der Waals surface area contributed by atoms with Crippen LogP contribution in [-0.4, -0.2) is 24.1 Å². The molecule has 2 amide bonds. The van der Waals surface area contributed by atoms with E-state index in [9.17, 15) is 4.79 Å². The monoisotopic (exact) mass is 269 g/mol. The van der Waals surface area contributed by atoms with Crippen molar-refractivity contribution in [2.24, 2.45) is 0 Å². The quantitative estimate of drug-likeness (QED) is 0.849. The lowest BCUT2D eigenvalue weighted by atomic mass is 10.3. The number of urea groups is 1. The lowest BCUT2D eigenvalue weighted by Gasteiger charge is -2.26. The van der Waals surface area contributed by atoms with Gasteiger partial charge in [0.2, 0.25) is 0 Å². The molecular formula is C10H12BrN3O. The van der Waals surface area contributed by atoms with Gasteiger partial charge in [0.25, 0.3) is 0 Å². The molecule has 0 atom stereocenters. The van der Waals surface area contributed by atoms with Gasteiger partial charge in [-0.05, 0) is 41.4 Å². The van der Waals surface area contributed by atoms with Crippen LogP contribution >= 0.6 is 15.9 Å². The molecule has 1 aromatic heterocycles. The summed E-state index contributed by atoms with van der Waals surface area (Å²) in [4.78, 5) is 17.6. The second-order valence-electron chi connectivity index (χ2n) is 3.47. The smallest absolute Gasteiger partial charge is 0.323 e. The Hall–Kier alpha value is -1.10. The highest BCUT2D eigenvalue weighted by atomic mass is 79.9. The molecule has 1 fully saturated rings. The molecule has 0 spiro atoms. The van der Waals surface area contributed by atoms with Crippen molar-refractivity contribution in [2.45, 2.75) is 13.3 Å². The fraction of sp³-hybridized carbons (Fsp3) is 0.400. The van der Waals surface area contributed by atoms with E-state index in [2.05, 4.69) is 26.2 Å². The van der Waals surface area contributed by atoms with Gasteiger partial charge < -0.3 is 5.32 Å². The maximum atomic E-state index is 11.6. The van der Waals surface area contributed by atoms with Gasteiger partial charge in [0.1, 0.15) is 5.82 Å². The van der Waals surface area contributed by atoms with Gasteiger partial charge in [-0.1, -0.05) is 0 Å². The van der Waals surface area contributed by atoms with Crippen LogP contribution in [0.3, 0.4) is 0 Å². The van der Waals surface area contributed by atoms with Crippen LogP contribution in [0.1, 0.15) is 12.1 Å². The van der Waals surface area contributed by atoms with E-state index >= 15 is 0 Å². The number of aromatic nitrogens is 1. The number of aryl methyl sites for hydroxylation is 1. The van der Waals surface area contributed by atoms with E-state index in [0.29, 0.717) is 5.82 Å². The number of anilines is 1. The summed E-state index contributed by atoms with van der Waals surface area (Å²) in [5.74, 6) is 0.716. The number of nitrogens with one attached hydrogen (secondary N) is 1. The molecule has 80 valence electrons. The zero-order valence-electron chi connectivity index (χ0n) is 8.46. The van der Waals surface area contributed by atoms with Crippen LogP contribution in [0.5, 0.6) is 0 Å². The zero-order valence-corrected chi connectivity index (χ0v) is 10.0. The van der Waals surface area contributed by atoms with Crippen molar-refractivity contribution in [3.05, 3.63) is 22.3 Å². The minimum absolute atomic E-state index is 0.0597. The summed E-state index contributed by atoms with van der Waals surface area (Å²) in [5, 5.41) is 2.80. The summed E-state index contributed by atoms with van der Waals surface area (Å²) in [6, 6.07) is 3.71. The molecule has 0 saturated carbocycles. The van der Waals surface area contributed by atoms with Crippen LogP contribution in [0.15, 0.2) is 16.6 Å². The lowest BCUT2D eigenvalue weighted by molar-refractivity contribution is 0.242. The van der Waals surface area contributed by atoms with Gasteiger partial charge >= 0.3 is 6.03 Å². The normalized spacial score (nSPS) is 16.4. The van der Waals surface area contributed by atoms with Crippen molar-refractivity contribution >= 4 is 27.8 Å². The summed E-state index contributed by atoms with van der Waals surface area (Å²) in [6.45, 7) is 3.40. The molecule has 1 saturated heterocycles. The molecule has 1 aliphatic rings. The number of carbonyl (C=O) groups excluding carboxylic acids is 1. The lowest BCUT2D eigenvalue weighted by Crippen LogP contribution is -2.46. The number of pyridine rings is 1. The molecular weight excluding hydrogens is 258 g/mol. The molecule has 4 nitrogen and oxygen atoms in total. The first-order valence-electron chi connectivity index (χ1n) is 4.87. The molecule has 0 aliphatic carbocycles. The Kier molecular flexibility index (Phi) is 2.90. The van der Waals surface area contributed by atoms with E-state index in [-0.39, 0.29) is 6.03 Å². The summed E-state index contributed by atoms with van der Waals surface area (Å²) < 4.78 is 0.962. The largest absolute Gasteiger partial charge is 0.338 e. The number of carbonyl (C=O) groups is 1. The highest BCUT2D eigenvalue weighted by molar-refractivity contribution is 9.10. The summed E-state index contributed by atoms with van der Waals surface area (Å²) >= 11 is 3.39. The number of amides is 2. The van der Waals surface area contributed by atoms with Gasteiger partial charge in [-0.2, -0.15) is 0 Å². The van der Waals surface area contributed by atoms with Crippen LogP contribution in [0.4, 0.5) is 10.6 Å². The maximum Gasteiger partial charge on any atom is 0.323 e. The molecule has 0 radical (unpaired) electrons. The fourth-order valence-corrected chi connectivity index (χ4v) is 1.75. The van der Waals surface area contributed by atoms with Gasteiger partial charge in [0, 0.05) is 17.6 Å². The topological polar surface area (TPSA) is 45.2 Å². The Morgan fingerprint density at radius 3 is 3.00 bits per heavy atom. The average Bonchev–Trinajstić information content (AvgIpc) is 2.23. The van der Waals surface area contributed by atoms with E-state index in [1.807, 2.05) is 19.1 Å². The predicted octanol–water partition coefficient (Wildman–Crippen LogP) is 2.07. The van der Waals surface area contributed by atoms with E-state index in [4.69, 9.17) is 0 Å². The van der Waals surface area contributed by atoms with Crippen LogP contribution in [0.2, 0.25) is 0 Å². The number of hydrogen-bond acceptors (Lipinski definition) is 2. The first-order valence-corrected chi connectivity index (χ1v) is 5.66. The Morgan fingerprint density at radius 1 is 1.53 bits per heavy atom. The van der Waals surface area contributed by atoms with Gasteiger partial charge in [-0.25, -0.2) is 9.78 Å². The van der Waals surface area contributed by atoms with E-state index < -0.39 is 0 Å². The van der Waals surface area contributed by atoms with Crippen LogP contribution < -0.4 is 10.2 Å². The van der Waals surface area contributed by atoms with E-state index in [1.165, 1.54) is 0 Å². The first-order chi connectivity index (χ1) is 7.18. The first kappa shape index (κ1) is 10.4. The second kappa shape index (κ2) is 4.18. The van der Waals surface area contributed by atoms with Gasteiger partial charge in [-0.3, -0.25) is 4.90 Å². The molecule has 1 aromatic rings. The van der Waals surface area contributed by atoms with E-state index in [1.54, 1.807) is 4.90 Å². The van der Waals surface area contributed by atoms with Crippen molar-refractivity contribution in [3.8, 4) is 0 Å². The van der Waals surface area contributed by atoms with Crippen molar-refractivity contribution in [1.29, 1.82) is 0 Å². The van der Waals surface area contributed by atoms with Crippen LogP contribution in [0.25, 0.3) is 0 Å². The molecule has 1 aliphatic heterocycles. The van der Waals surface area contributed by atoms with Crippen LogP contribution in [-0.2, 0) is 0 Å². The highest BCUT2D eigenvalue weighted by Crippen LogP contribution is 2.20. The molecule has 0 unspecified atom stereocenters. The van der Waals surface area contributed by atoms with Gasteiger partial charge in [-0.15, -0.1) is 0 Å². The summed E-state index contributed by atoms with van der Waals surface area (Å²) in [6.07, 6.45) is 0.961. The fourth-order valence-electron chi connectivity index (χ4n) is 1.53. The molecule has 0 bridgehead atoms. The molecule has 15 heavy (non-hydrogen) atoms. The molecule has 5 heteroatoms. The van der Waals surface area contributed by atoms with E-state index in [0.717, 1.165) is 29.7 Å². The standard InChI is InChI=1S/C10H12BrN3O/c1-7-8(11)3-4-9(13-7)14-6-2-5-12-10(14)15/h3-4H,2,5-6H2,1H3,(H,12,15). The molecule has 2 heterocycles. The van der Waals surface area contributed by atoms with Crippen molar-refractivity contribution in [2.75, 3.05) is 18.0 Å². The Morgan fingerprint density at radius 2 is 2.33 bits per heavy atom. The molecule has 1 N–H and O–H groups in total. The van der Waals surface area contributed by atoms with Gasteiger partial charge in [0.05, 0.1) is 5.69 Å². The highest BCUT2D eigenvalue weighted by Gasteiger charge is 2.20. The van der Waals surface area contributed by atoms with Crippen molar-refractivity contribution in [3.63, 3.8) is 0 Å². The average molecular weight is 270 g/mol. The number of nitrogens with zero attached hydrogens (tertiary/aromatic N) is 2.